The van der Waals surface area contributed by atoms with E-state index in [1.807, 2.05) is 12.2 Å². The van der Waals surface area contributed by atoms with Gasteiger partial charge in [-0.1, -0.05) is 6.08 Å². The van der Waals surface area contributed by atoms with E-state index in [1.54, 1.807) is 12.1 Å². The zero-order valence-corrected chi connectivity index (χ0v) is 12.3. The number of urea groups is 1. The molecule has 3 amide bonds. The van der Waals surface area contributed by atoms with Gasteiger partial charge in [0, 0.05) is 6.54 Å². The zero-order chi connectivity index (χ0) is 16.4. The van der Waals surface area contributed by atoms with Crippen molar-refractivity contribution in [1.29, 1.82) is 0 Å². The maximum absolute atomic E-state index is 11.7. The van der Waals surface area contributed by atoms with Crippen LogP contribution in [0.1, 0.15) is 17.3 Å². The van der Waals surface area contributed by atoms with Crippen LogP contribution in [0.3, 0.4) is 0 Å². The minimum absolute atomic E-state index is 0.227. The van der Waals surface area contributed by atoms with E-state index < -0.39 is 24.5 Å². The summed E-state index contributed by atoms with van der Waals surface area (Å²) in [6, 6.07) is 5.64. The van der Waals surface area contributed by atoms with Gasteiger partial charge in [-0.3, -0.25) is 10.1 Å². The fourth-order valence-electron chi connectivity index (χ4n) is 1.44. The van der Waals surface area contributed by atoms with Crippen molar-refractivity contribution < 1.29 is 23.9 Å². The van der Waals surface area contributed by atoms with Crippen molar-refractivity contribution in [2.75, 3.05) is 19.8 Å². The Hall–Kier alpha value is -2.83. The molecular formula is C15H18N2O5. The molecule has 1 rings (SSSR count). The molecule has 2 N–H and O–H groups in total. The van der Waals surface area contributed by atoms with Crippen LogP contribution in [-0.2, 0) is 9.53 Å². The van der Waals surface area contributed by atoms with Crippen LogP contribution in [0.2, 0.25) is 0 Å². The number of hydrogen-bond donors (Lipinski definition) is 2. The summed E-state index contributed by atoms with van der Waals surface area (Å²) >= 11 is 0. The lowest BCUT2D eigenvalue weighted by molar-refractivity contribution is -0.123. The van der Waals surface area contributed by atoms with Gasteiger partial charge < -0.3 is 14.8 Å². The molecule has 1 aromatic carbocycles. The van der Waals surface area contributed by atoms with E-state index in [2.05, 4.69) is 11.9 Å². The van der Waals surface area contributed by atoms with Crippen LogP contribution in [-0.4, -0.2) is 37.7 Å². The molecule has 7 nitrogen and oxygen atoms in total. The van der Waals surface area contributed by atoms with Gasteiger partial charge in [-0.05, 0) is 31.2 Å². The first kappa shape index (κ1) is 17.2. The van der Waals surface area contributed by atoms with Gasteiger partial charge in [0.25, 0.3) is 5.91 Å². The van der Waals surface area contributed by atoms with Crippen LogP contribution in [0.25, 0.3) is 0 Å². The van der Waals surface area contributed by atoms with E-state index in [0.717, 1.165) is 0 Å². The Morgan fingerprint density at radius 1 is 1.23 bits per heavy atom. The van der Waals surface area contributed by atoms with Crippen LogP contribution in [0.4, 0.5) is 4.79 Å². The van der Waals surface area contributed by atoms with Crippen molar-refractivity contribution >= 4 is 17.9 Å². The Morgan fingerprint density at radius 2 is 1.91 bits per heavy atom. The molecule has 7 heteroatoms. The van der Waals surface area contributed by atoms with Gasteiger partial charge in [0.1, 0.15) is 5.75 Å². The second-order valence-electron chi connectivity index (χ2n) is 4.08. The molecule has 0 aliphatic heterocycles. The average Bonchev–Trinajstić information content (AvgIpc) is 2.51. The monoisotopic (exact) mass is 306 g/mol. The maximum Gasteiger partial charge on any atom is 0.338 e. The predicted molar refractivity (Wildman–Crippen MR) is 79.6 cm³/mol. The zero-order valence-electron chi connectivity index (χ0n) is 12.3. The summed E-state index contributed by atoms with van der Waals surface area (Å²) in [6.07, 6.45) is 1.47. The van der Waals surface area contributed by atoms with Crippen molar-refractivity contribution in [3.05, 3.63) is 42.5 Å². The maximum atomic E-state index is 11.7. The normalized spacial score (nSPS) is 9.50. The van der Waals surface area contributed by atoms with E-state index >= 15 is 0 Å². The van der Waals surface area contributed by atoms with Crippen molar-refractivity contribution in [2.45, 2.75) is 6.92 Å². The standard InChI is InChI=1S/C15H18N2O5/c1-3-9-16-15(20)17-13(18)10-22-14(19)11-5-7-12(8-6-11)21-4-2/h3,5-8H,1,4,9-10H2,2H3,(H2,16,17,18,20). The Balaban J connectivity index is 2.40. The first-order valence-electron chi connectivity index (χ1n) is 6.65. The van der Waals surface area contributed by atoms with Crippen molar-refractivity contribution in [1.82, 2.24) is 10.6 Å². The lowest BCUT2D eigenvalue weighted by Gasteiger charge is -2.07. The quantitative estimate of drug-likeness (QED) is 0.584. The molecule has 0 aromatic heterocycles. The SMILES string of the molecule is C=CCNC(=O)NC(=O)COC(=O)c1ccc(OCC)cc1. The number of carbonyl (C=O) groups excluding carboxylic acids is 3. The molecule has 0 bridgehead atoms. The number of nitrogens with one attached hydrogen (secondary N) is 2. The van der Waals surface area contributed by atoms with E-state index in [1.165, 1.54) is 18.2 Å². The van der Waals surface area contributed by atoms with Gasteiger partial charge in [0.15, 0.2) is 6.61 Å². The first-order chi connectivity index (χ1) is 10.6. The summed E-state index contributed by atoms with van der Waals surface area (Å²) in [7, 11) is 0. The highest BCUT2D eigenvalue weighted by molar-refractivity contribution is 5.97. The van der Waals surface area contributed by atoms with E-state index in [-0.39, 0.29) is 12.1 Å². The molecule has 0 unspecified atom stereocenters. The number of rotatable bonds is 7. The van der Waals surface area contributed by atoms with Crippen LogP contribution in [0.15, 0.2) is 36.9 Å². The van der Waals surface area contributed by atoms with Gasteiger partial charge in [0.2, 0.25) is 0 Å². The van der Waals surface area contributed by atoms with Gasteiger partial charge >= 0.3 is 12.0 Å². The third kappa shape index (κ3) is 6.08. The fourth-order valence-corrected chi connectivity index (χ4v) is 1.44. The Labute approximate surface area is 128 Å². The molecular weight excluding hydrogens is 288 g/mol. The molecule has 0 atom stereocenters. The average molecular weight is 306 g/mol. The lowest BCUT2D eigenvalue weighted by Crippen LogP contribution is -2.41. The Morgan fingerprint density at radius 3 is 2.50 bits per heavy atom. The molecule has 0 heterocycles. The summed E-state index contributed by atoms with van der Waals surface area (Å²) < 4.78 is 10.1. The minimum Gasteiger partial charge on any atom is -0.494 e. The molecule has 1 aromatic rings. The van der Waals surface area contributed by atoms with E-state index in [0.29, 0.717) is 12.4 Å². The minimum atomic E-state index is -0.721. The summed E-state index contributed by atoms with van der Waals surface area (Å²) in [5.41, 5.74) is 0.285. The van der Waals surface area contributed by atoms with E-state index in [4.69, 9.17) is 9.47 Å². The van der Waals surface area contributed by atoms with Crippen LogP contribution in [0, 0.1) is 0 Å². The summed E-state index contributed by atoms with van der Waals surface area (Å²) in [5.74, 6) is -0.749. The molecule has 118 valence electrons. The summed E-state index contributed by atoms with van der Waals surface area (Å²) in [4.78, 5) is 34.3. The van der Waals surface area contributed by atoms with Crippen molar-refractivity contribution in [2.24, 2.45) is 0 Å². The number of amides is 3. The molecule has 0 radical (unpaired) electrons. The molecule has 0 fully saturated rings. The fraction of sp³-hybridized carbons (Fsp3) is 0.267. The van der Waals surface area contributed by atoms with Gasteiger partial charge in [0.05, 0.1) is 12.2 Å². The number of esters is 1. The third-order valence-corrected chi connectivity index (χ3v) is 2.40. The van der Waals surface area contributed by atoms with Crippen LogP contribution >= 0.6 is 0 Å². The lowest BCUT2D eigenvalue weighted by atomic mass is 10.2. The molecule has 0 aliphatic carbocycles. The second-order valence-corrected chi connectivity index (χ2v) is 4.08. The highest BCUT2D eigenvalue weighted by atomic mass is 16.5. The second kappa shape index (κ2) is 9.17. The molecule has 22 heavy (non-hydrogen) atoms. The largest absolute Gasteiger partial charge is 0.494 e. The van der Waals surface area contributed by atoms with E-state index in [9.17, 15) is 14.4 Å². The van der Waals surface area contributed by atoms with Crippen molar-refractivity contribution in [3.63, 3.8) is 0 Å². The topological polar surface area (TPSA) is 93.7 Å². The number of carbonyl (C=O) groups is 3. The highest BCUT2D eigenvalue weighted by Gasteiger charge is 2.12. The Kier molecular flexibility index (Phi) is 7.18. The summed E-state index contributed by atoms with van der Waals surface area (Å²) in [6.45, 7) is 5.47. The number of hydrogen-bond acceptors (Lipinski definition) is 5. The Bertz CT molecular complexity index is 539. The molecule has 0 saturated heterocycles. The van der Waals surface area contributed by atoms with Crippen LogP contribution in [0.5, 0.6) is 5.75 Å². The first-order valence-corrected chi connectivity index (χ1v) is 6.65. The van der Waals surface area contributed by atoms with Gasteiger partial charge in [-0.15, -0.1) is 6.58 Å². The predicted octanol–water partition coefficient (Wildman–Crippen LogP) is 1.25. The smallest absolute Gasteiger partial charge is 0.338 e. The number of imide groups is 1. The molecule has 0 spiro atoms. The third-order valence-electron chi connectivity index (χ3n) is 2.40. The van der Waals surface area contributed by atoms with Crippen LogP contribution < -0.4 is 15.4 Å². The highest BCUT2D eigenvalue weighted by Crippen LogP contribution is 2.12. The summed E-state index contributed by atoms with van der Waals surface area (Å²) in [5, 5.41) is 4.37. The van der Waals surface area contributed by atoms with Gasteiger partial charge in [-0.2, -0.15) is 0 Å². The number of benzene rings is 1. The van der Waals surface area contributed by atoms with Gasteiger partial charge in [-0.25, -0.2) is 9.59 Å². The molecule has 0 aliphatic rings. The number of ether oxygens (including phenoxy) is 2. The molecule has 0 saturated carbocycles. The van der Waals surface area contributed by atoms with Crippen molar-refractivity contribution in [3.8, 4) is 5.75 Å².